The Morgan fingerprint density at radius 3 is 2.50 bits per heavy atom. The van der Waals surface area contributed by atoms with Gasteiger partial charge in [0, 0.05) is 12.5 Å². The van der Waals surface area contributed by atoms with Crippen LogP contribution in [0.3, 0.4) is 0 Å². The zero-order valence-corrected chi connectivity index (χ0v) is 7.88. The maximum atomic E-state index is 11.1. The van der Waals surface area contributed by atoms with Crippen LogP contribution in [0.15, 0.2) is 24.4 Å². The summed E-state index contributed by atoms with van der Waals surface area (Å²) in [5, 5.41) is -0.515. The second-order valence-electron chi connectivity index (χ2n) is 2.73. The second-order valence-corrected chi connectivity index (χ2v) is 5.09. The van der Waals surface area contributed by atoms with Crippen molar-refractivity contribution >= 4 is 9.84 Å². The Kier molecular flexibility index (Phi) is 2.47. The first-order valence-electron chi connectivity index (χ1n) is 3.61. The summed E-state index contributed by atoms with van der Waals surface area (Å²) in [6, 6.07) is 5.26. The molecule has 1 heterocycles. The molecule has 66 valence electrons. The standard InChI is InChI=1S/C8H11NO2S/c1-7(12(2,10)11)8-5-3-4-6-9-8/h3-7H,1-2H3. The average molecular weight is 185 g/mol. The van der Waals surface area contributed by atoms with Gasteiger partial charge >= 0.3 is 0 Å². The van der Waals surface area contributed by atoms with E-state index in [9.17, 15) is 8.42 Å². The van der Waals surface area contributed by atoms with Crippen LogP contribution < -0.4 is 0 Å². The van der Waals surface area contributed by atoms with Gasteiger partial charge in [-0.15, -0.1) is 0 Å². The number of aromatic nitrogens is 1. The highest BCUT2D eigenvalue weighted by atomic mass is 32.2. The normalized spacial score (nSPS) is 14.2. The Balaban J connectivity index is 3.02. The quantitative estimate of drug-likeness (QED) is 0.695. The number of nitrogens with zero attached hydrogens (tertiary/aromatic N) is 1. The van der Waals surface area contributed by atoms with Gasteiger partial charge in [0.2, 0.25) is 0 Å². The molecule has 1 atom stereocenters. The molecule has 1 rings (SSSR count). The van der Waals surface area contributed by atoms with Crippen LogP contribution in [0.2, 0.25) is 0 Å². The van der Waals surface area contributed by atoms with Crippen LogP contribution in [0.1, 0.15) is 17.9 Å². The number of rotatable bonds is 2. The van der Waals surface area contributed by atoms with E-state index >= 15 is 0 Å². The molecule has 0 aliphatic rings. The molecule has 0 radical (unpaired) electrons. The van der Waals surface area contributed by atoms with E-state index in [1.807, 2.05) is 0 Å². The lowest BCUT2D eigenvalue weighted by atomic mass is 10.3. The van der Waals surface area contributed by atoms with Gasteiger partial charge in [-0.05, 0) is 19.1 Å². The predicted octanol–water partition coefficient (Wildman–Crippen LogP) is 1.19. The van der Waals surface area contributed by atoms with E-state index in [4.69, 9.17) is 0 Å². The van der Waals surface area contributed by atoms with Crippen molar-refractivity contribution in [2.75, 3.05) is 6.26 Å². The molecule has 0 bridgehead atoms. The number of hydrogen-bond donors (Lipinski definition) is 0. The Bertz CT molecular complexity index is 345. The molecular weight excluding hydrogens is 174 g/mol. The van der Waals surface area contributed by atoms with E-state index in [-0.39, 0.29) is 0 Å². The molecule has 0 aliphatic carbocycles. The molecular formula is C8H11NO2S. The Morgan fingerprint density at radius 2 is 2.08 bits per heavy atom. The predicted molar refractivity (Wildman–Crippen MR) is 47.5 cm³/mol. The van der Waals surface area contributed by atoms with Crippen molar-refractivity contribution in [2.24, 2.45) is 0 Å². The van der Waals surface area contributed by atoms with E-state index in [0.29, 0.717) is 5.69 Å². The van der Waals surface area contributed by atoms with Crippen LogP contribution in [0.5, 0.6) is 0 Å². The van der Waals surface area contributed by atoms with Crippen molar-refractivity contribution in [1.29, 1.82) is 0 Å². The smallest absolute Gasteiger partial charge is 0.155 e. The molecule has 1 aromatic heterocycles. The van der Waals surface area contributed by atoms with Crippen LogP contribution >= 0.6 is 0 Å². The number of sulfone groups is 1. The van der Waals surface area contributed by atoms with Gasteiger partial charge < -0.3 is 0 Å². The van der Waals surface area contributed by atoms with Crippen molar-refractivity contribution < 1.29 is 8.42 Å². The van der Waals surface area contributed by atoms with E-state index in [0.717, 1.165) is 0 Å². The molecule has 1 unspecified atom stereocenters. The zero-order valence-electron chi connectivity index (χ0n) is 7.06. The average Bonchev–Trinajstić information content (AvgIpc) is 2.03. The van der Waals surface area contributed by atoms with Crippen molar-refractivity contribution in [3.05, 3.63) is 30.1 Å². The van der Waals surface area contributed by atoms with Crippen LogP contribution in [-0.2, 0) is 9.84 Å². The monoisotopic (exact) mass is 185 g/mol. The van der Waals surface area contributed by atoms with Crippen LogP contribution in [0, 0.1) is 0 Å². The minimum absolute atomic E-state index is 0.515. The van der Waals surface area contributed by atoms with Crippen molar-refractivity contribution in [1.82, 2.24) is 4.98 Å². The van der Waals surface area contributed by atoms with Gasteiger partial charge in [0.15, 0.2) is 9.84 Å². The molecule has 12 heavy (non-hydrogen) atoms. The summed E-state index contributed by atoms with van der Waals surface area (Å²) in [7, 11) is -3.02. The summed E-state index contributed by atoms with van der Waals surface area (Å²) >= 11 is 0. The van der Waals surface area contributed by atoms with Crippen LogP contribution in [0.25, 0.3) is 0 Å². The first-order valence-corrected chi connectivity index (χ1v) is 5.57. The molecule has 0 aliphatic heterocycles. The molecule has 0 saturated carbocycles. The van der Waals surface area contributed by atoms with Gasteiger partial charge in [0.05, 0.1) is 5.69 Å². The molecule has 0 saturated heterocycles. The molecule has 0 amide bonds. The van der Waals surface area contributed by atoms with Crippen molar-refractivity contribution in [3.63, 3.8) is 0 Å². The molecule has 0 aromatic carbocycles. The fourth-order valence-corrected chi connectivity index (χ4v) is 1.41. The van der Waals surface area contributed by atoms with E-state index in [1.54, 1.807) is 31.3 Å². The van der Waals surface area contributed by atoms with E-state index < -0.39 is 15.1 Å². The third-order valence-corrected chi connectivity index (χ3v) is 3.27. The summed E-state index contributed by atoms with van der Waals surface area (Å²) in [4.78, 5) is 3.97. The first-order chi connectivity index (χ1) is 5.52. The van der Waals surface area contributed by atoms with Gasteiger partial charge in [-0.25, -0.2) is 8.42 Å². The van der Waals surface area contributed by atoms with Gasteiger partial charge in [0.25, 0.3) is 0 Å². The second kappa shape index (κ2) is 3.23. The molecule has 1 aromatic rings. The minimum Gasteiger partial charge on any atom is -0.260 e. The Hall–Kier alpha value is -0.900. The molecule has 0 fully saturated rings. The highest BCUT2D eigenvalue weighted by Gasteiger charge is 2.17. The minimum atomic E-state index is -3.02. The molecule has 0 N–H and O–H groups in total. The number of hydrogen-bond acceptors (Lipinski definition) is 3. The maximum Gasteiger partial charge on any atom is 0.155 e. The van der Waals surface area contributed by atoms with Gasteiger partial charge in [-0.2, -0.15) is 0 Å². The third kappa shape index (κ3) is 2.04. The lowest BCUT2D eigenvalue weighted by Gasteiger charge is -2.06. The van der Waals surface area contributed by atoms with E-state index in [2.05, 4.69) is 4.98 Å². The Labute approximate surface area is 72.4 Å². The summed E-state index contributed by atoms with van der Waals surface area (Å²) < 4.78 is 22.2. The Morgan fingerprint density at radius 1 is 1.42 bits per heavy atom. The molecule has 3 nitrogen and oxygen atoms in total. The fourth-order valence-electron chi connectivity index (χ4n) is 0.836. The van der Waals surface area contributed by atoms with Gasteiger partial charge in [-0.1, -0.05) is 6.07 Å². The van der Waals surface area contributed by atoms with E-state index in [1.165, 1.54) is 6.26 Å². The highest BCUT2D eigenvalue weighted by Crippen LogP contribution is 2.17. The third-order valence-electron chi connectivity index (χ3n) is 1.75. The van der Waals surface area contributed by atoms with Crippen LogP contribution in [0.4, 0.5) is 0 Å². The lowest BCUT2D eigenvalue weighted by Crippen LogP contribution is -2.08. The van der Waals surface area contributed by atoms with Crippen molar-refractivity contribution in [3.8, 4) is 0 Å². The lowest BCUT2D eigenvalue weighted by molar-refractivity contribution is 0.591. The summed E-state index contributed by atoms with van der Waals surface area (Å²) in [6.45, 7) is 1.64. The summed E-state index contributed by atoms with van der Waals surface area (Å²) in [6.07, 6.45) is 2.81. The SMILES string of the molecule is CC(c1ccccn1)S(C)(=O)=O. The van der Waals surface area contributed by atoms with Crippen molar-refractivity contribution in [2.45, 2.75) is 12.2 Å². The topological polar surface area (TPSA) is 47.0 Å². The number of pyridine rings is 1. The first kappa shape index (κ1) is 9.19. The maximum absolute atomic E-state index is 11.1. The zero-order chi connectivity index (χ0) is 9.19. The van der Waals surface area contributed by atoms with Crippen LogP contribution in [-0.4, -0.2) is 19.7 Å². The largest absolute Gasteiger partial charge is 0.260 e. The highest BCUT2D eigenvalue weighted by molar-refractivity contribution is 7.90. The molecule has 0 spiro atoms. The summed E-state index contributed by atoms with van der Waals surface area (Å²) in [5.41, 5.74) is 0.597. The summed E-state index contributed by atoms with van der Waals surface area (Å²) in [5.74, 6) is 0. The van der Waals surface area contributed by atoms with Gasteiger partial charge in [0.1, 0.15) is 5.25 Å². The fraction of sp³-hybridized carbons (Fsp3) is 0.375. The molecule has 4 heteroatoms. The van der Waals surface area contributed by atoms with Gasteiger partial charge in [-0.3, -0.25) is 4.98 Å².